The van der Waals surface area contributed by atoms with Crippen LogP contribution in [-0.4, -0.2) is 18.0 Å². The first kappa shape index (κ1) is 12.3. The molecule has 1 aliphatic heterocycles. The van der Waals surface area contributed by atoms with Crippen molar-refractivity contribution in [2.24, 2.45) is 0 Å². The van der Waals surface area contributed by atoms with Crippen LogP contribution in [0.2, 0.25) is 5.02 Å². The zero-order valence-corrected chi connectivity index (χ0v) is 10.3. The fourth-order valence-corrected chi connectivity index (χ4v) is 2.05. The SMILES string of the molecule is CC1(C(=O)Nc2ccc(Cl)c(F)c2)CCCN1. The van der Waals surface area contributed by atoms with E-state index in [0.717, 1.165) is 19.4 Å². The monoisotopic (exact) mass is 256 g/mol. The van der Waals surface area contributed by atoms with E-state index in [1.165, 1.54) is 12.1 Å². The molecular formula is C12H14ClFN2O. The lowest BCUT2D eigenvalue weighted by atomic mass is 9.99. The number of hydrogen-bond donors (Lipinski definition) is 2. The number of halogens is 2. The highest BCUT2D eigenvalue weighted by Gasteiger charge is 2.35. The van der Waals surface area contributed by atoms with Gasteiger partial charge in [0.1, 0.15) is 5.82 Å². The minimum Gasteiger partial charge on any atom is -0.324 e. The van der Waals surface area contributed by atoms with Crippen LogP contribution >= 0.6 is 11.6 Å². The third kappa shape index (κ3) is 2.58. The maximum Gasteiger partial charge on any atom is 0.244 e. The third-order valence-electron chi connectivity index (χ3n) is 3.05. The van der Waals surface area contributed by atoms with Crippen LogP contribution in [0, 0.1) is 5.82 Å². The number of amides is 1. The molecule has 0 aromatic heterocycles. The molecular weight excluding hydrogens is 243 g/mol. The second-order valence-corrected chi connectivity index (χ2v) is 4.85. The van der Waals surface area contributed by atoms with Gasteiger partial charge in [-0.25, -0.2) is 4.39 Å². The second kappa shape index (κ2) is 4.63. The molecule has 0 saturated carbocycles. The smallest absolute Gasteiger partial charge is 0.244 e. The number of anilines is 1. The molecule has 1 aromatic carbocycles. The lowest BCUT2D eigenvalue weighted by Crippen LogP contribution is -2.47. The molecule has 1 aromatic rings. The van der Waals surface area contributed by atoms with Crippen molar-refractivity contribution >= 4 is 23.2 Å². The zero-order chi connectivity index (χ0) is 12.5. The van der Waals surface area contributed by atoms with Crippen molar-refractivity contribution in [1.82, 2.24) is 5.32 Å². The zero-order valence-electron chi connectivity index (χ0n) is 9.52. The molecule has 0 spiro atoms. The van der Waals surface area contributed by atoms with Gasteiger partial charge in [0, 0.05) is 5.69 Å². The van der Waals surface area contributed by atoms with E-state index >= 15 is 0 Å². The number of rotatable bonds is 2. The average Bonchev–Trinajstić information content (AvgIpc) is 2.72. The first-order chi connectivity index (χ1) is 8.01. The highest BCUT2D eigenvalue weighted by Crippen LogP contribution is 2.23. The van der Waals surface area contributed by atoms with Crippen molar-refractivity contribution in [3.05, 3.63) is 29.0 Å². The maximum absolute atomic E-state index is 13.2. The number of carbonyl (C=O) groups is 1. The fourth-order valence-electron chi connectivity index (χ4n) is 1.93. The van der Waals surface area contributed by atoms with Gasteiger partial charge in [0.2, 0.25) is 5.91 Å². The van der Waals surface area contributed by atoms with Crippen molar-refractivity contribution in [2.45, 2.75) is 25.3 Å². The molecule has 0 radical (unpaired) electrons. The Bertz CT molecular complexity index is 444. The summed E-state index contributed by atoms with van der Waals surface area (Å²) in [7, 11) is 0. The van der Waals surface area contributed by atoms with Crippen LogP contribution in [0.1, 0.15) is 19.8 Å². The van der Waals surface area contributed by atoms with E-state index in [1.54, 1.807) is 6.07 Å². The number of hydrogen-bond acceptors (Lipinski definition) is 2. The Morgan fingerprint density at radius 3 is 2.94 bits per heavy atom. The predicted molar refractivity (Wildman–Crippen MR) is 65.7 cm³/mol. The van der Waals surface area contributed by atoms with Gasteiger partial charge in [0.25, 0.3) is 0 Å². The average molecular weight is 257 g/mol. The van der Waals surface area contributed by atoms with E-state index in [9.17, 15) is 9.18 Å². The van der Waals surface area contributed by atoms with Gasteiger partial charge >= 0.3 is 0 Å². The second-order valence-electron chi connectivity index (χ2n) is 4.45. The predicted octanol–water partition coefficient (Wildman–Crippen LogP) is 2.56. The molecule has 3 nitrogen and oxygen atoms in total. The first-order valence-corrected chi connectivity index (χ1v) is 5.91. The number of nitrogens with one attached hydrogen (secondary N) is 2. The lowest BCUT2D eigenvalue weighted by Gasteiger charge is -2.23. The summed E-state index contributed by atoms with van der Waals surface area (Å²) in [5, 5.41) is 5.89. The molecule has 2 rings (SSSR count). The Kier molecular flexibility index (Phi) is 3.35. The van der Waals surface area contributed by atoms with Crippen molar-refractivity contribution < 1.29 is 9.18 Å². The molecule has 1 aliphatic rings. The topological polar surface area (TPSA) is 41.1 Å². The largest absolute Gasteiger partial charge is 0.324 e. The number of benzene rings is 1. The molecule has 1 atom stereocenters. The summed E-state index contributed by atoms with van der Waals surface area (Å²) >= 11 is 5.57. The minimum absolute atomic E-state index is 0.0493. The molecule has 92 valence electrons. The van der Waals surface area contributed by atoms with Crippen LogP contribution in [-0.2, 0) is 4.79 Å². The molecule has 0 bridgehead atoms. The van der Waals surface area contributed by atoms with Crippen molar-refractivity contribution in [2.75, 3.05) is 11.9 Å². The minimum atomic E-state index is -0.559. The molecule has 1 heterocycles. The normalized spacial score (nSPS) is 23.7. The number of carbonyl (C=O) groups excluding carboxylic acids is 1. The Labute approximate surface area is 104 Å². The van der Waals surface area contributed by atoms with E-state index in [0.29, 0.717) is 5.69 Å². The van der Waals surface area contributed by atoms with Gasteiger partial charge in [0.05, 0.1) is 10.6 Å². The van der Waals surface area contributed by atoms with Gasteiger partial charge in [-0.2, -0.15) is 0 Å². The van der Waals surface area contributed by atoms with Crippen LogP contribution in [0.3, 0.4) is 0 Å². The van der Waals surface area contributed by atoms with Crippen LogP contribution in [0.25, 0.3) is 0 Å². The molecule has 1 unspecified atom stereocenters. The van der Waals surface area contributed by atoms with Gasteiger partial charge in [-0.1, -0.05) is 11.6 Å². The van der Waals surface area contributed by atoms with Gasteiger partial charge in [-0.15, -0.1) is 0 Å². The van der Waals surface area contributed by atoms with E-state index < -0.39 is 11.4 Å². The maximum atomic E-state index is 13.2. The molecule has 1 amide bonds. The summed E-state index contributed by atoms with van der Waals surface area (Å²) < 4.78 is 13.2. The summed E-state index contributed by atoms with van der Waals surface area (Å²) in [6.07, 6.45) is 1.76. The Morgan fingerprint density at radius 2 is 2.35 bits per heavy atom. The van der Waals surface area contributed by atoms with E-state index in [1.807, 2.05) is 6.92 Å². The van der Waals surface area contributed by atoms with Gasteiger partial charge in [0.15, 0.2) is 0 Å². The van der Waals surface area contributed by atoms with E-state index in [2.05, 4.69) is 10.6 Å². The summed E-state index contributed by atoms with van der Waals surface area (Å²) in [5.41, 5.74) is -0.136. The third-order valence-corrected chi connectivity index (χ3v) is 3.35. The molecule has 2 N–H and O–H groups in total. The van der Waals surface area contributed by atoms with Gasteiger partial charge < -0.3 is 10.6 Å². The molecule has 5 heteroatoms. The summed E-state index contributed by atoms with van der Waals surface area (Å²) in [4.78, 5) is 12.0. The van der Waals surface area contributed by atoms with Crippen molar-refractivity contribution in [3.63, 3.8) is 0 Å². The molecule has 0 aliphatic carbocycles. The van der Waals surface area contributed by atoms with Crippen LogP contribution in [0.15, 0.2) is 18.2 Å². The fraction of sp³-hybridized carbons (Fsp3) is 0.417. The molecule has 17 heavy (non-hydrogen) atoms. The lowest BCUT2D eigenvalue weighted by molar-refractivity contribution is -0.121. The quantitative estimate of drug-likeness (QED) is 0.854. The highest BCUT2D eigenvalue weighted by molar-refractivity contribution is 6.30. The van der Waals surface area contributed by atoms with E-state index in [-0.39, 0.29) is 10.9 Å². The Hall–Kier alpha value is -1.13. The van der Waals surface area contributed by atoms with Gasteiger partial charge in [-0.3, -0.25) is 4.79 Å². The van der Waals surface area contributed by atoms with Crippen LogP contribution in [0.5, 0.6) is 0 Å². The van der Waals surface area contributed by atoms with E-state index in [4.69, 9.17) is 11.6 Å². The van der Waals surface area contributed by atoms with Crippen LogP contribution < -0.4 is 10.6 Å². The van der Waals surface area contributed by atoms with Crippen molar-refractivity contribution in [1.29, 1.82) is 0 Å². The molecule has 1 fully saturated rings. The Morgan fingerprint density at radius 1 is 1.59 bits per heavy atom. The summed E-state index contributed by atoms with van der Waals surface area (Å²) in [5.74, 6) is -0.675. The van der Waals surface area contributed by atoms with Crippen molar-refractivity contribution in [3.8, 4) is 0 Å². The van der Waals surface area contributed by atoms with Gasteiger partial charge in [-0.05, 0) is 44.5 Å². The standard InChI is InChI=1S/C12H14ClFN2O/c1-12(5-2-6-15-12)11(17)16-8-3-4-9(13)10(14)7-8/h3-4,7,15H,2,5-6H2,1H3,(H,16,17). The van der Waals surface area contributed by atoms with Crippen LogP contribution in [0.4, 0.5) is 10.1 Å². The Balaban J connectivity index is 2.10. The summed E-state index contributed by atoms with van der Waals surface area (Å²) in [6, 6.07) is 4.23. The first-order valence-electron chi connectivity index (χ1n) is 5.53. The molecule has 1 saturated heterocycles. The summed E-state index contributed by atoms with van der Waals surface area (Å²) in [6.45, 7) is 2.68. The highest BCUT2D eigenvalue weighted by atomic mass is 35.5.